The Hall–Kier alpha value is -2.81. The number of ether oxygens (including phenoxy) is 4. The van der Waals surface area contributed by atoms with Crippen molar-refractivity contribution in [1.29, 1.82) is 10.5 Å². The number of nitrogens with two attached hydrogens (primary N) is 1. The molecule has 0 bridgehead atoms. The number of fused-ring (bicyclic) bond motifs is 1. The fourth-order valence-corrected chi connectivity index (χ4v) is 4.04. The van der Waals surface area contributed by atoms with Gasteiger partial charge in [0.15, 0.2) is 5.41 Å². The molecule has 0 spiro atoms. The lowest BCUT2D eigenvalue weighted by Crippen LogP contribution is -2.41. The van der Waals surface area contributed by atoms with Crippen LogP contribution in [-0.4, -0.2) is 40.2 Å². The van der Waals surface area contributed by atoms with Gasteiger partial charge in [0.05, 0.1) is 26.4 Å². The Bertz CT molecular complexity index is 836. The largest absolute Gasteiger partial charge is 0.497 e. The monoisotopic (exact) mass is 342 g/mol. The molecule has 1 saturated carbocycles. The molecular formula is C17H18N4O4. The SMILES string of the molecule is COc1ccc([C@@H]2[C@]3(C#N)C(N)=NC(OC)(OC)[C@]23C#N)c(OC)c1. The highest BCUT2D eigenvalue weighted by molar-refractivity contribution is 6.00. The van der Waals surface area contributed by atoms with Gasteiger partial charge in [-0.05, 0) is 6.07 Å². The average Bonchev–Trinajstić information content (AvgIpc) is 3.22. The minimum atomic E-state index is -1.66. The van der Waals surface area contributed by atoms with Gasteiger partial charge in [-0.3, -0.25) is 0 Å². The number of amidine groups is 1. The summed E-state index contributed by atoms with van der Waals surface area (Å²) in [5, 5.41) is 19.9. The van der Waals surface area contributed by atoms with Crippen molar-refractivity contribution in [2.75, 3.05) is 28.4 Å². The molecule has 1 aliphatic carbocycles. The number of nitriles is 2. The van der Waals surface area contributed by atoms with Crippen LogP contribution in [0.15, 0.2) is 23.2 Å². The van der Waals surface area contributed by atoms with E-state index in [0.29, 0.717) is 17.1 Å². The molecule has 8 heteroatoms. The summed E-state index contributed by atoms with van der Waals surface area (Å²) in [6.07, 6.45) is 0. The standard InChI is InChI=1S/C17H18N4O4/c1-22-10-5-6-11(12(7-10)23-2)13-15(8-18)14(20)21-17(24-3,25-4)16(13,15)9-19/h5-7,13H,1-4H3,(H2,20,21)/t13-,15-,16-/m1/s1. The quantitative estimate of drug-likeness (QED) is 0.796. The Morgan fingerprint density at radius 1 is 1.08 bits per heavy atom. The van der Waals surface area contributed by atoms with Crippen LogP contribution in [0, 0.1) is 33.5 Å². The van der Waals surface area contributed by atoms with Crippen molar-refractivity contribution >= 4 is 5.84 Å². The predicted molar refractivity (Wildman–Crippen MR) is 86.8 cm³/mol. The normalized spacial score (nSPS) is 31.3. The molecule has 8 nitrogen and oxygen atoms in total. The minimum absolute atomic E-state index is 0.0168. The molecular weight excluding hydrogens is 324 g/mol. The first-order valence-corrected chi connectivity index (χ1v) is 7.49. The van der Waals surface area contributed by atoms with Gasteiger partial charge in [0.1, 0.15) is 22.7 Å². The van der Waals surface area contributed by atoms with E-state index in [2.05, 4.69) is 17.1 Å². The lowest BCUT2D eigenvalue weighted by molar-refractivity contribution is -0.230. The van der Waals surface area contributed by atoms with Crippen molar-refractivity contribution in [2.24, 2.45) is 21.6 Å². The fourth-order valence-electron chi connectivity index (χ4n) is 4.04. The number of rotatable bonds is 5. The van der Waals surface area contributed by atoms with E-state index < -0.39 is 22.7 Å². The van der Waals surface area contributed by atoms with Crippen LogP contribution < -0.4 is 15.2 Å². The number of hydrogen-bond acceptors (Lipinski definition) is 8. The van der Waals surface area contributed by atoms with Gasteiger partial charge in [0.2, 0.25) is 0 Å². The van der Waals surface area contributed by atoms with Gasteiger partial charge < -0.3 is 24.7 Å². The third-order valence-electron chi connectivity index (χ3n) is 5.23. The predicted octanol–water partition coefficient (Wildman–Crippen LogP) is 1.14. The van der Waals surface area contributed by atoms with Crippen molar-refractivity contribution in [3.8, 4) is 23.6 Å². The van der Waals surface area contributed by atoms with Crippen molar-refractivity contribution in [2.45, 2.75) is 11.8 Å². The summed E-state index contributed by atoms with van der Waals surface area (Å²) in [5.74, 6) is -1.18. The van der Waals surface area contributed by atoms with Gasteiger partial charge >= 0.3 is 0 Å². The number of hydrogen-bond donors (Lipinski definition) is 1. The second-order valence-electron chi connectivity index (χ2n) is 5.87. The summed E-state index contributed by atoms with van der Waals surface area (Å²) in [5.41, 5.74) is 3.96. The highest BCUT2D eigenvalue weighted by Gasteiger charge is 2.93. The third-order valence-corrected chi connectivity index (χ3v) is 5.23. The van der Waals surface area contributed by atoms with Crippen molar-refractivity contribution in [3.63, 3.8) is 0 Å². The van der Waals surface area contributed by atoms with Gasteiger partial charge in [0.25, 0.3) is 5.91 Å². The van der Waals surface area contributed by atoms with Crippen LogP contribution in [0.5, 0.6) is 11.5 Å². The van der Waals surface area contributed by atoms with Crippen LogP contribution in [-0.2, 0) is 9.47 Å². The first-order chi connectivity index (χ1) is 12.0. The highest BCUT2D eigenvalue weighted by atomic mass is 16.7. The Labute approximate surface area is 145 Å². The average molecular weight is 342 g/mol. The molecule has 0 aromatic heterocycles. The molecule has 130 valence electrons. The zero-order valence-electron chi connectivity index (χ0n) is 14.4. The molecule has 1 heterocycles. The Balaban J connectivity index is 2.25. The van der Waals surface area contributed by atoms with Crippen LogP contribution in [0.2, 0.25) is 0 Å². The van der Waals surface area contributed by atoms with Crippen molar-refractivity contribution in [1.82, 2.24) is 0 Å². The van der Waals surface area contributed by atoms with E-state index in [1.165, 1.54) is 21.3 Å². The molecule has 1 aromatic carbocycles. The second kappa shape index (κ2) is 5.35. The van der Waals surface area contributed by atoms with E-state index in [-0.39, 0.29) is 5.84 Å². The molecule has 3 rings (SSSR count). The first kappa shape index (κ1) is 17.0. The summed E-state index contributed by atoms with van der Waals surface area (Å²) in [6.45, 7) is 0. The molecule has 3 atom stereocenters. The van der Waals surface area contributed by atoms with Crippen LogP contribution in [0.3, 0.4) is 0 Å². The number of benzene rings is 1. The van der Waals surface area contributed by atoms with Gasteiger partial charge in [-0.25, -0.2) is 4.99 Å². The lowest BCUT2D eigenvalue weighted by atomic mass is 9.93. The third kappa shape index (κ3) is 1.63. The van der Waals surface area contributed by atoms with Crippen molar-refractivity contribution in [3.05, 3.63) is 23.8 Å². The maximum absolute atomic E-state index is 10.0. The molecule has 2 N–H and O–H groups in total. The second-order valence-corrected chi connectivity index (χ2v) is 5.87. The van der Waals surface area contributed by atoms with Crippen LogP contribution >= 0.6 is 0 Å². The van der Waals surface area contributed by atoms with E-state index in [1.54, 1.807) is 25.3 Å². The Morgan fingerprint density at radius 3 is 2.24 bits per heavy atom. The summed E-state index contributed by atoms with van der Waals surface area (Å²) in [4.78, 5) is 4.18. The molecule has 1 aliphatic heterocycles. The Kier molecular flexibility index (Phi) is 3.64. The maximum atomic E-state index is 10.0. The number of methoxy groups -OCH3 is 4. The van der Waals surface area contributed by atoms with E-state index >= 15 is 0 Å². The zero-order valence-corrected chi connectivity index (χ0v) is 14.4. The Morgan fingerprint density at radius 2 is 1.76 bits per heavy atom. The van der Waals surface area contributed by atoms with Crippen LogP contribution in [0.25, 0.3) is 0 Å². The van der Waals surface area contributed by atoms with Gasteiger partial charge in [-0.15, -0.1) is 0 Å². The highest BCUT2D eigenvalue weighted by Crippen LogP contribution is 2.82. The van der Waals surface area contributed by atoms with Crippen molar-refractivity contribution < 1.29 is 18.9 Å². The maximum Gasteiger partial charge on any atom is 0.292 e. The summed E-state index contributed by atoms with van der Waals surface area (Å²) >= 11 is 0. The lowest BCUT2D eigenvalue weighted by Gasteiger charge is -2.29. The van der Waals surface area contributed by atoms with Gasteiger partial charge in [0, 0.05) is 31.8 Å². The summed E-state index contributed by atoms with van der Waals surface area (Å²) < 4.78 is 21.5. The number of nitrogens with zero attached hydrogens (tertiary/aromatic N) is 3. The first-order valence-electron chi connectivity index (χ1n) is 7.49. The summed E-state index contributed by atoms with van der Waals surface area (Å²) in [6, 6.07) is 9.56. The minimum Gasteiger partial charge on any atom is -0.497 e. The molecule has 0 unspecified atom stereocenters. The van der Waals surface area contributed by atoms with Crippen LogP contribution in [0.4, 0.5) is 0 Å². The molecule has 0 amide bonds. The molecule has 2 aliphatic rings. The summed E-state index contributed by atoms with van der Waals surface area (Å²) in [7, 11) is 5.78. The molecule has 1 aromatic rings. The van der Waals surface area contributed by atoms with E-state index in [9.17, 15) is 10.5 Å². The topological polar surface area (TPSA) is 123 Å². The van der Waals surface area contributed by atoms with Gasteiger partial charge in [-0.2, -0.15) is 10.5 Å². The van der Waals surface area contributed by atoms with Crippen LogP contribution in [0.1, 0.15) is 11.5 Å². The molecule has 0 saturated heterocycles. The zero-order chi connectivity index (χ0) is 18.5. The molecule has 1 fully saturated rings. The smallest absolute Gasteiger partial charge is 0.292 e. The molecule has 25 heavy (non-hydrogen) atoms. The van der Waals surface area contributed by atoms with E-state index in [1.807, 2.05) is 0 Å². The van der Waals surface area contributed by atoms with Gasteiger partial charge in [-0.1, -0.05) is 6.07 Å². The van der Waals surface area contributed by atoms with E-state index in [4.69, 9.17) is 24.7 Å². The fraction of sp³-hybridized carbons (Fsp3) is 0.471. The van der Waals surface area contributed by atoms with E-state index in [0.717, 1.165) is 0 Å². The molecule has 0 radical (unpaired) electrons. The number of aliphatic imine (C=N–C) groups is 1.